The molecule has 1 atom stereocenters. The van der Waals surface area contributed by atoms with Crippen LogP contribution >= 0.6 is 0 Å². The van der Waals surface area contributed by atoms with Crippen molar-refractivity contribution < 1.29 is 4.79 Å². The number of urea groups is 1. The van der Waals surface area contributed by atoms with Crippen molar-refractivity contribution >= 4 is 6.03 Å². The van der Waals surface area contributed by atoms with E-state index in [0.29, 0.717) is 0 Å². The number of likely N-dealkylation sites (N-methyl/N-ethyl adjacent to an activating group) is 2. The standard InChI is InChI=1S/C13H19N3O/c1-14-8-9-16-10-12(15(2)13(16)17)11-6-4-3-5-7-11/h3-7,12,14H,8-10H2,1-2H3. The van der Waals surface area contributed by atoms with Gasteiger partial charge >= 0.3 is 6.03 Å². The Morgan fingerprint density at radius 2 is 2.06 bits per heavy atom. The zero-order valence-electron chi connectivity index (χ0n) is 10.4. The molecule has 4 nitrogen and oxygen atoms in total. The van der Waals surface area contributed by atoms with Gasteiger partial charge < -0.3 is 15.1 Å². The number of nitrogens with one attached hydrogen (secondary N) is 1. The first-order valence-electron chi connectivity index (χ1n) is 5.95. The van der Waals surface area contributed by atoms with Gasteiger partial charge in [0.2, 0.25) is 0 Å². The lowest BCUT2D eigenvalue weighted by atomic mass is 10.1. The van der Waals surface area contributed by atoms with Gasteiger partial charge in [0.1, 0.15) is 0 Å². The third kappa shape index (κ3) is 2.42. The summed E-state index contributed by atoms with van der Waals surface area (Å²) in [5, 5.41) is 3.07. The van der Waals surface area contributed by atoms with E-state index < -0.39 is 0 Å². The molecule has 2 amide bonds. The molecule has 0 bridgehead atoms. The van der Waals surface area contributed by atoms with Gasteiger partial charge in [0.25, 0.3) is 0 Å². The SMILES string of the molecule is CNCCN1CC(c2ccccc2)N(C)C1=O. The van der Waals surface area contributed by atoms with E-state index in [1.807, 2.05) is 42.1 Å². The molecule has 0 aromatic heterocycles. The lowest BCUT2D eigenvalue weighted by Crippen LogP contribution is -2.34. The first-order chi connectivity index (χ1) is 8.24. The van der Waals surface area contributed by atoms with Crippen LogP contribution in [0.3, 0.4) is 0 Å². The predicted octanol–water partition coefficient (Wildman–Crippen LogP) is 1.31. The van der Waals surface area contributed by atoms with Crippen molar-refractivity contribution in [1.29, 1.82) is 0 Å². The molecule has 1 aliphatic rings. The molecule has 1 heterocycles. The zero-order chi connectivity index (χ0) is 12.3. The maximum absolute atomic E-state index is 12.0. The molecule has 1 fully saturated rings. The van der Waals surface area contributed by atoms with E-state index in [2.05, 4.69) is 17.4 Å². The minimum Gasteiger partial charge on any atom is -0.321 e. The topological polar surface area (TPSA) is 35.6 Å². The molecule has 1 unspecified atom stereocenters. The maximum Gasteiger partial charge on any atom is 0.320 e. The lowest BCUT2D eigenvalue weighted by Gasteiger charge is -2.17. The van der Waals surface area contributed by atoms with E-state index in [1.165, 1.54) is 5.56 Å². The maximum atomic E-state index is 12.0. The number of nitrogens with zero attached hydrogens (tertiary/aromatic N) is 2. The summed E-state index contributed by atoms with van der Waals surface area (Å²) in [6.45, 7) is 2.38. The van der Waals surface area contributed by atoms with Crippen LogP contribution in [0.1, 0.15) is 11.6 Å². The van der Waals surface area contributed by atoms with Crippen molar-refractivity contribution in [2.45, 2.75) is 6.04 Å². The molecule has 4 heteroatoms. The highest BCUT2D eigenvalue weighted by molar-refractivity contribution is 5.77. The van der Waals surface area contributed by atoms with Crippen molar-refractivity contribution in [3.8, 4) is 0 Å². The van der Waals surface area contributed by atoms with Crippen LogP contribution in [0.15, 0.2) is 30.3 Å². The number of amides is 2. The Bertz CT molecular complexity index is 380. The molecular weight excluding hydrogens is 214 g/mol. The van der Waals surface area contributed by atoms with Crippen LogP contribution in [0, 0.1) is 0 Å². The first-order valence-corrected chi connectivity index (χ1v) is 5.95. The van der Waals surface area contributed by atoms with Gasteiger partial charge in [-0.1, -0.05) is 30.3 Å². The van der Waals surface area contributed by atoms with E-state index in [0.717, 1.165) is 19.6 Å². The third-order valence-electron chi connectivity index (χ3n) is 3.25. The Labute approximate surface area is 102 Å². The molecule has 0 radical (unpaired) electrons. The van der Waals surface area contributed by atoms with Crippen molar-refractivity contribution in [1.82, 2.24) is 15.1 Å². The van der Waals surface area contributed by atoms with Gasteiger partial charge in [0.15, 0.2) is 0 Å². The van der Waals surface area contributed by atoms with Crippen LogP contribution in [0.2, 0.25) is 0 Å². The van der Waals surface area contributed by atoms with E-state index >= 15 is 0 Å². The fourth-order valence-electron chi connectivity index (χ4n) is 2.20. The molecule has 17 heavy (non-hydrogen) atoms. The summed E-state index contributed by atoms with van der Waals surface area (Å²) < 4.78 is 0. The molecule has 1 aromatic rings. The van der Waals surface area contributed by atoms with Gasteiger partial charge in [-0.3, -0.25) is 0 Å². The van der Waals surface area contributed by atoms with Gasteiger partial charge in [-0.2, -0.15) is 0 Å². The summed E-state index contributed by atoms with van der Waals surface area (Å²) >= 11 is 0. The molecule has 0 aliphatic carbocycles. The number of carbonyl (C=O) groups is 1. The minimum absolute atomic E-state index is 0.120. The Morgan fingerprint density at radius 3 is 2.71 bits per heavy atom. The predicted molar refractivity (Wildman–Crippen MR) is 67.8 cm³/mol. The lowest BCUT2D eigenvalue weighted by molar-refractivity contribution is 0.196. The van der Waals surface area contributed by atoms with Crippen LogP contribution in [0.5, 0.6) is 0 Å². The number of benzene rings is 1. The van der Waals surface area contributed by atoms with Crippen molar-refractivity contribution in [3.63, 3.8) is 0 Å². The van der Waals surface area contributed by atoms with E-state index in [9.17, 15) is 4.79 Å². The first kappa shape index (κ1) is 11.9. The van der Waals surface area contributed by atoms with Crippen LogP contribution < -0.4 is 5.32 Å². The van der Waals surface area contributed by atoms with Gasteiger partial charge in [-0.15, -0.1) is 0 Å². The van der Waals surface area contributed by atoms with Crippen LogP contribution in [-0.4, -0.2) is 49.6 Å². The molecule has 1 aromatic carbocycles. The number of hydrogen-bond donors (Lipinski definition) is 1. The normalized spacial score (nSPS) is 20.1. The number of carbonyl (C=O) groups excluding carboxylic acids is 1. The van der Waals surface area contributed by atoms with Crippen molar-refractivity contribution in [2.24, 2.45) is 0 Å². The second-order valence-corrected chi connectivity index (χ2v) is 4.37. The molecule has 92 valence electrons. The van der Waals surface area contributed by atoms with Gasteiger partial charge in [-0.05, 0) is 12.6 Å². The number of hydrogen-bond acceptors (Lipinski definition) is 2. The van der Waals surface area contributed by atoms with Crippen molar-refractivity contribution in [3.05, 3.63) is 35.9 Å². The summed E-state index contributed by atoms with van der Waals surface area (Å²) in [5.41, 5.74) is 1.20. The molecule has 0 spiro atoms. The third-order valence-corrected chi connectivity index (χ3v) is 3.25. The molecule has 0 saturated carbocycles. The summed E-state index contributed by atoms with van der Waals surface area (Å²) in [6.07, 6.45) is 0. The average Bonchev–Trinajstić information content (AvgIpc) is 2.65. The minimum atomic E-state index is 0.120. The van der Waals surface area contributed by atoms with Gasteiger partial charge in [0, 0.05) is 26.7 Å². The molecule has 1 N–H and O–H groups in total. The Morgan fingerprint density at radius 1 is 1.35 bits per heavy atom. The smallest absolute Gasteiger partial charge is 0.320 e. The Kier molecular flexibility index (Phi) is 3.64. The summed E-state index contributed by atoms with van der Waals surface area (Å²) in [6, 6.07) is 10.5. The highest BCUT2D eigenvalue weighted by atomic mass is 16.2. The molecule has 1 saturated heterocycles. The van der Waals surface area contributed by atoms with Crippen LogP contribution in [0.25, 0.3) is 0 Å². The second-order valence-electron chi connectivity index (χ2n) is 4.37. The second kappa shape index (κ2) is 5.19. The average molecular weight is 233 g/mol. The van der Waals surface area contributed by atoms with Crippen LogP contribution in [-0.2, 0) is 0 Å². The molecular formula is C13H19N3O. The van der Waals surface area contributed by atoms with Crippen LogP contribution in [0.4, 0.5) is 4.79 Å². The highest BCUT2D eigenvalue weighted by Gasteiger charge is 2.34. The molecule has 2 rings (SSSR count). The van der Waals surface area contributed by atoms with E-state index in [1.54, 1.807) is 0 Å². The largest absolute Gasteiger partial charge is 0.321 e. The fourth-order valence-corrected chi connectivity index (χ4v) is 2.20. The molecule has 1 aliphatic heterocycles. The van der Waals surface area contributed by atoms with Gasteiger partial charge in [0.05, 0.1) is 6.04 Å². The van der Waals surface area contributed by atoms with Crippen molar-refractivity contribution in [2.75, 3.05) is 33.7 Å². The fraction of sp³-hybridized carbons (Fsp3) is 0.462. The zero-order valence-corrected chi connectivity index (χ0v) is 10.4. The monoisotopic (exact) mass is 233 g/mol. The van der Waals surface area contributed by atoms with E-state index in [-0.39, 0.29) is 12.1 Å². The Balaban J connectivity index is 2.09. The summed E-state index contributed by atoms with van der Waals surface area (Å²) in [4.78, 5) is 15.7. The summed E-state index contributed by atoms with van der Waals surface area (Å²) in [7, 11) is 3.78. The highest BCUT2D eigenvalue weighted by Crippen LogP contribution is 2.27. The quantitative estimate of drug-likeness (QED) is 0.851. The van der Waals surface area contributed by atoms with E-state index in [4.69, 9.17) is 0 Å². The van der Waals surface area contributed by atoms with Gasteiger partial charge in [-0.25, -0.2) is 4.79 Å². The Hall–Kier alpha value is -1.55. The number of rotatable bonds is 4. The summed E-state index contributed by atoms with van der Waals surface area (Å²) in [5.74, 6) is 0.